The molecule has 0 radical (unpaired) electrons. The number of benzene rings is 1. The van der Waals surface area contributed by atoms with Gasteiger partial charge in [0.1, 0.15) is 5.82 Å². The summed E-state index contributed by atoms with van der Waals surface area (Å²) < 4.78 is 0. The largest absolute Gasteiger partial charge is 0.399 e. The van der Waals surface area contributed by atoms with E-state index in [0.717, 1.165) is 23.6 Å². The summed E-state index contributed by atoms with van der Waals surface area (Å²) in [6, 6.07) is 7.93. The molecule has 16 heavy (non-hydrogen) atoms. The fraction of sp³-hybridized carbons (Fsp3) is 0.250. The third kappa shape index (κ3) is 2.34. The van der Waals surface area contributed by atoms with Crippen molar-refractivity contribution in [3.05, 3.63) is 42.5 Å². The molecule has 84 valence electrons. The molecule has 1 atom stereocenters. The van der Waals surface area contributed by atoms with E-state index in [-0.39, 0.29) is 6.04 Å². The lowest BCUT2D eigenvalue weighted by molar-refractivity contribution is 0.704. The number of rotatable bonds is 4. The van der Waals surface area contributed by atoms with Crippen molar-refractivity contribution >= 4 is 11.4 Å². The number of hydrogen-bond acceptors (Lipinski definition) is 3. The third-order valence-corrected chi connectivity index (χ3v) is 2.51. The van der Waals surface area contributed by atoms with Crippen molar-refractivity contribution in [1.82, 2.24) is 9.97 Å². The molecule has 1 unspecified atom stereocenters. The zero-order chi connectivity index (χ0) is 11.4. The van der Waals surface area contributed by atoms with Crippen LogP contribution >= 0.6 is 0 Å². The molecule has 4 nitrogen and oxygen atoms in total. The van der Waals surface area contributed by atoms with Gasteiger partial charge in [0, 0.05) is 23.8 Å². The van der Waals surface area contributed by atoms with Gasteiger partial charge in [0.15, 0.2) is 0 Å². The lowest BCUT2D eigenvalue weighted by Gasteiger charge is -2.16. The zero-order valence-corrected chi connectivity index (χ0v) is 9.27. The van der Waals surface area contributed by atoms with E-state index < -0.39 is 0 Å². The van der Waals surface area contributed by atoms with Gasteiger partial charge in [-0.25, -0.2) is 4.98 Å². The van der Waals surface area contributed by atoms with Gasteiger partial charge >= 0.3 is 0 Å². The topological polar surface area (TPSA) is 66.7 Å². The predicted octanol–water partition coefficient (Wildman–Crippen LogP) is 2.56. The number of H-pyrrole nitrogens is 1. The molecule has 1 aromatic heterocycles. The first-order valence-electron chi connectivity index (χ1n) is 5.41. The Morgan fingerprint density at radius 2 is 2.12 bits per heavy atom. The number of aromatic nitrogens is 2. The Kier molecular flexibility index (Phi) is 3.10. The number of nitrogens with zero attached hydrogens (tertiary/aromatic N) is 1. The molecule has 0 aliphatic rings. The van der Waals surface area contributed by atoms with Gasteiger partial charge in [0.05, 0.1) is 6.04 Å². The van der Waals surface area contributed by atoms with Gasteiger partial charge in [-0.15, -0.1) is 0 Å². The molecule has 0 amide bonds. The predicted molar refractivity (Wildman–Crippen MR) is 66.1 cm³/mol. The van der Waals surface area contributed by atoms with E-state index in [0.29, 0.717) is 0 Å². The molecular weight excluding hydrogens is 200 g/mol. The minimum atomic E-state index is 0.207. The maximum atomic E-state index is 5.64. The number of hydrogen-bond donors (Lipinski definition) is 3. The minimum Gasteiger partial charge on any atom is -0.399 e. The van der Waals surface area contributed by atoms with Gasteiger partial charge in [0.25, 0.3) is 0 Å². The van der Waals surface area contributed by atoms with Crippen LogP contribution in [0.5, 0.6) is 0 Å². The third-order valence-electron chi connectivity index (χ3n) is 2.51. The molecule has 0 aliphatic heterocycles. The Balaban J connectivity index is 2.10. The van der Waals surface area contributed by atoms with Crippen LogP contribution in [-0.4, -0.2) is 9.97 Å². The highest BCUT2D eigenvalue weighted by Gasteiger charge is 2.10. The van der Waals surface area contributed by atoms with Crippen LogP contribution in [0.4, 0.5) is 11.4 Å². The van der Waals surface area contributed by atoms with Crippen molar-refractivity contribution < 1.29 is 0 Å². The van der Waals surface area contributed by atoms with Crippen molar-refractivity contribution in [2.24, 2.45) is 0 Å². The Labute approximate surface area is 94.9 Å². The molecular formula is C12H16N4. The second kappa shape index (κ2) is 4.70. The number of aromatic amines is 1. The molecule has 0 spiro atoms. The summed E-state index contributed by atoms with van der Waals surface area (Å²) in [7, 11) is 0. The molecule has 0 saturated carbocycles. The first-order valence-corrected chi connectivity index (χ1v) is 5.41. The van der Waals surface area contributed by atoms with Gasteiger partial charge in [-0.2, -0.15) is 0 Å². The van der Waals surface area contributed by atoms with E-state index in [4.69, 9.17) is 5.73 Å². The lowest BCUT2D eigenvalue weighted by Crippen LogP contribution is -2.11. The van der Waals surface area contributed by atoms with Crippen molar-refractivity contribution in [3.8, 4) is 0 Å². The Bertz CT molecular complexity index is 419. The van der Waals surface area contributed by atoms with E-state index in [1.54, 1.807) is 6.20 Å². The number of imidazole rings is 1. The second-order valence-corrected chi connectivity index (χ2v) is 3.70. The fourth-order valence-corrected chi connectivity index (χ4v) is 1.61. The maximum absolute atomic E-state index is 5.64. The molecule has 4 heteroatoms. The summed E-state index contributed by atoms with van der Waals surface area (Å²) in [6.07, 6.45) is 4.57. The van der Waals surface area contributed by atoms with Crippen molar-refractivity contribution in [2.75, 3.05) is 11.1 Å². The first kappa shape index (κ1) is 10.5. The SMILES string of the molecule is CCC(Nc1ccc(N)cc1)c1ncc[nH]1. The summed E-state index contributed by atoms with van der Waals surface area (Å²) in [5, 5.41) is 3.41. The summed E-state index contributed by atoms with van der Waals surface area (Å²) >= 11 is 0. The van der Waals surface area contributed by atoms with Gasteiger partial charge < -0.3 is 16.0 Å². The van der Waals surface area contributed by atoms with Crippen molar-refractivity contribution in [2.45, 2.75) is 19.4 Å². The molecule has 0 saturated heterocycles. The number of nitrogen functional groups attached to an aromatic ring is 1. The number of anilines is 2. The molecule has 1 heterocycles. The molecule has 4 N–H and O–H groups in total. The van der Waals surface area contributed by atoms with Crippen LogP contribution in [0.15, 0.2) is 36.7 Å². The van der Waals surface area contributed by atoms with E-state index >= 15 is 0 Å². The zero-order valence-electron chi connectivity index (χ0n) is 9.27. The average Bonchev–Trinajstić information content (AvgIpc) is 2.82. The normalized spacial score (nSPS) is 12.3. The summed E-state index contributed by atoms with van der Waals surface area (Å²) in [5.41, 5.74) is 7.47. The lowest BCUT2D eigenvalue weighted by atomic mass is 10.2. The maximum Gasteiger partial charge on any atom is 0.128 e. The monoisotopic (exact) mass is 216 g/mol. The molecule has 2 rings (SSSR count). The molecule has 0 fully saturated rings. The van der Waals surface area contributed by atoms with E-state index in [2.05, 4.69) is 22.2 Å². The standard InChI is InChI=1S/C12H16N4/c1-2-11(12-14-7-8-15-12)16-10-5-3-9(13)4-6-10/h3-8,11,16H,2,13H2,1H3,(H,14,15). The van der Waals surface area contributed by atoms with Gasteiger partial charge in [-0.3, -0.25) is 0 Å². The Morgan fingerprint density at radius 1 is 1.38 bits per heavy atom. The van der Waals surface area contributed by atoms with Gasteiger partial charge in [-0.1, -0.05) is 6.92 Å². The van der Waals surface area contributed by atoms with Crippen LogP contribution in [0.25, 0.3) is 0 Å². The van der Waals surface area contributed by atoms with Crippen LogP contribution in [-0.2, 0) is 0 Å². The fourth-order valence-electron chi connectivity index (χ4n) is 1.61. The molecule has 0 bridgehead atoms. The highest BCUT2D eigenvalue weighted by molar-refractivity contribution is 5.51. The average molecular weight is 216 g/mol. The minimum absolute atomic E-state index is 0.207. The number of nitrogens with one attached hydrogen (secondary N) is 2. The van der Waals surface area contributed by atoms with E-state index in [9.17, 15) is 0 Å². The highest BCUT2D eigenvalue weighted by atomic mass is 15.0. The first-order chi connectivity index (χ1) is 7.79. The van der Waals surface area contributed by atoms with Crippen LogP contribution in [0.3, 0.4) is 0 Å². The van der Waals surface area contributed by atoms with Crippen LogP contribution in [0.1, 0.15) is 25.2 Å². The van der Waals surface area contributed by atoms with Crippen molar-refractivity contribution in [1.29, 1.82) is 0 Å². The van der Waals surface area contributed by atoms with Gasteiger partial charge in [0.2, 0.25) is 0 Å². The quantitative estimate of drug-likeness (QED) is 0.688. The Hall–Kier alpha value is -1.97. The molecule has 1 aromatic carbocycles. The van der Waals surface area contributed by atoms with Crippen molar-refractivity contribution in [3.63, 3.8) is 0 Å². The highest BCUT2D eigenvalue weighted by Crippen LogP contribution is 2.20. The van der Waals surface area contributed by atoms with Crippen LogP contribution in [0.2, 0.25) is 0 Å². The second-order valence-electron chi connectivity index (χ2n) is 3.70. The van der Waals surface area contributed by atoms with E-state index in [1.807, 2.05) is 30.5 Å². The molecule has 2 aromatic rings. The smallest absolute Gasteiger partial charge is 0.128 e. The summed E-state index contributed by atoms with van der Waals surface area (Å²) in [4.78, 5) is 7.38. The summed E-state index contributed by atoms with van der Waals surface area (Å²) in [5.74, 6) is 0.958. The van der Waals surface area contributed by atoms with Crippen LogP contribution < -0.4 is 11.1 Å². The number of nitrogens with two attached hydrogens (primary N) is 1. The van der Waals surface area contributed by atoms with Gasteiger partial charge in [-0.05, 0) is 30.7 Å². The Morgan fingerprint density at radius 3 is 2.69 bits per heavy atom. The van der Waals surface area contributed by atoms with E-state index in [1.165, 1.54) is 0 Å². The molecule has 0 aliphatic carbocycles. The summed E-state index contributed by atoms with van der Waals surface area (Å²) in [6.45, 7) is 2.12. The van der Waals surface area contributed by atoms with Crippen LogP contribution in [0, 0.1) is 0 Å².